The summed E-state index contributed by atoms with van der Waals surface area (Å²) in [5.74, 6) is -16.9. The number of fused-ring (bicyclic) bond motifs is 2. The van der Waals surface area contributed by atoms with E-state index in [9.17, 15) is 82.8 Å². The highest BCUT2D eigenvalue weighted by Gasteiger charge is 2.39. The topological polar surface area (TPSA) is 656 Å². The summed E-state index contributed by atoms with van der Waals surface area (Å²) in [5.41, 5.74) is 19.3. The van der Waals surface area contributed by atoms with Crippen molar-refractivity contribution in [2.75, 3.05) is 24.6 Å². The molecule has 0 unspecified atom stereocenters. The predicted octanol–water partition coefficient (Wildman–Crippen LogP) is -4.12. The van der Waals surface area contributed by atoms with E-state index < -0.39 is 218 Å². The second-order valence-electron chi connectivity index (χ2n) is 27.6. The van der Waals surface area contributed by atoms with E-state index in [2.05, 4.69) is 114 Å². The number of phenolic OH excluding ortho intramolecular Hbond substituents is 2. The number of carboxylic acid groups (broad SMARTS) is 1. The third-order valence-electron chi connectivity index (χ3n) is 18.5. The average molecular weight is 1670 g/mol. The lowest BCUT2D eigenvalue weighted by Crippen LogP contribution is -2.62. The molecule has 40 nitrogen and oxygen atoms in total. The lowest BCUT2D eigenvalue weighted by molar-refractivity contribution is -0.138. The van der Waals surface area contributed by atoms with Crippen molar-refractivity contribution < 1.29 is 92.3 Å². The minimum Gasteiger partial charge on any atom is -0.508 e. The predicted molar refractivity (Wildman–Crippen MR) is 433 cm³/mol. The number of primary amides is 2. The Morgan fingerprint density at radius 1 is 0.449 bits per heavy atom. The number of imidazole rings is 1. The van der Waals surface area contributed by atoms with Gasteiger partial charge < -0.3 is 122 Å². The number of thiol groups is 2. The third-order valence-corrected chi connectivity index (χ3v) is 19.2. The van der Waals surface area contributed by atoms with Gasteiger partial charge in [0.25, 0.3) is 0 Å². The van der Waals surface area contributed by atoms with Crippen molar-refractivity contribution in [1.29, 1.82) is 5.41 Å². The molecule has 0 spiro atoms. The van der Waals surface area contributed by atoms with Crippen LogP contribution in [-0.2, 0) is 104 Å². The number of hydrogen-bond acceptors (Lipinski definition) is 22. The number of aromatic hydroxyl groups is 2. The Bertz CT molecular complexity index is 4720. The van der Waals surface area contributed by atoms with E-state index in [1.807, 2.05) is 0 Å². The number of carboxylic acids is 1. The molecule has 27 N–H and O–H groups in total. The maximum atomic E-state index is 15.3. The molecule has 0 aliphatic carbocycles. The molecule has 632 valence electrons. The lowest BCUT2D eigenvalue weighted by Gasteiger charge is -2.29. The molecule has 0 saturated carbocycles. The number of rotatable bonds is 47. The van der Waals surface area contributed by atoms with Gasteiger partial charge in [0.15, 0.2) is 5.96 Å². The number of aliphatic carboxylic acids is 1. The van der Waals surface area contributed by atoms with Crippen molar-refractivity contribution in [2.45, 2.75) is 157 Å². The zero-order valence-corrected chi connectivity index (χ0v) is 65.9. The number of H-pyrrole nitrogens is 3. The molecule has 0 radical (unpaired) electrons. The average Bonchev–Trinajstić information content (AvgIpc) is 1.67. The highest BCUT2D eigenvalue weighted by Crippen LogP contribution is 2.23. The number of nitrogens with two attached hydrogens (primary N) is 3. The van der Waals surface area contributed by atoms with Gasteiger partial charge in [-0.05, 0) is 91.3 Å². The van der Waals surface area contributed by atoms with Crippen molar-refractivity contribution in [3.05, 3.63) is 150 Å². The van der Waals surface area contributed by atoms with E-state index in [0.717, 1.165) is 13.8 Å². The van der Waals surface area contributed by atoms with Crippen LogP contribution >= 0.6 is 25.3 Å². The van der Waals surface area contributed by atoms with Crippen LogP contribution in [0.3, 0.4) is 0 Å². The number of nitrogens with zero attached hydrogens (tertiary/aromatic N) is 1. The molecule has 0 aliphatic rings. The van der Waals surface area contributed by atoms with Gasteiger partial charge in [-0.1, -0.05) is 60.7 Å². The molecule has 7 aromatic rings. The molecular formula is C76H97N21O19S2. The number of phenols is 2. The molecule has 0 fully saturated rings. The number of amides is 14. The summed E-state index contributed by atoms with van der Waals surface area (Å²) in [6, 6.07) is 6.59. The van der Waals surface area contributed by atoms with Crippen LogP contribution in [0.4, 0.5) is 0 Å². The first-order valence-electron chi connectivity index (χ1n) is 37.2. The fraction of sp³-hybridized carbons (Fsp3) is 0.382. The zero-order valence-electron chi connectivity index (χ0n) is 64.1. The standard InChI is InChI=1S/C76H97N21O19S2/c1-38(98)64(97-68(109)51(12-7-25-82-76(79)80)88-73(114)59(35-117)87-39(2)99)75(116)95-57(29-43-32-84-50-11-6-4-9-48(43)50)70(111)89-52(21-23-61(77)102)67(108)96-60(36-118)74(115)92-55(27-41-15-19-46(101)20-16-41)69(110)93-56(28-42-31-83-49-10-5-3-8-47(42)49)71(112)94-58(30-44-33-81-37-86-44)72(113)90-53(22-24-63(104)105)66(107)91-54(65(106)85-34-62(78)103)26-40-13-17-45(100)18-14-40/h3-6,8-11,13-20,31-33,37-38,51-60,64,83-84,98,100-101,117-118H,7,12,21-30,34-36H2,1-2H3,(H2,77,102)(H2,78,103)(H,81,86)(H,85,106)(H,87,99)(H,88,114)(H,89,111)(H,90,113)(H,91,107)(H,92,115)(H,93,110)(H,94,112)(H,95,116)(H,96,108)(H,97,109)(H,104,105)(H4,79,80,82)/t38-,51+,52+,53+,54+,55+,56+,57+,58+,59+,60+,64+/m1/s1. The fourth-order valence-electron chi connectivity index (χ4n) is 12.4. The van der Waals surface area contributed by atoms with Crippen LogP contribution in [0, 0.1) is 5.41 Å². The summed E-state index contributed by atoms with van der Waals surface area (Å²) in [6.07, 6.45) is -0.224. The lowest BCUT2D eigenvalue weighted by atomic mass is 10.0. The van der Waals surface area contributed by atoms with Crippen LogP contribution in [0.5, 0.6) is 11.5 Å². The second kappa shape index (κ2) is 45.2. The Labute approximate surface area is 685 Å². The van der Waals surface area contributed by atoms with E-state index in [1.165, 1.54) is 61.1 Å². The van der Waals surface area contributed by atoms with Gasteiger partial charge >= 0.3 is 5.97 Å². The van der Waals surface area contributed by atoms with Crippen molar-refractivity contribution in [3.63, 3.8) is 0 Å². The number of aliphatic hydroxyl groups is 1. The molecule has 4 aromatic carbocycles. The highest BCUT2D eigenvalue weighted by atomic mass is 32.1. The molecule has 0 bridgehead atoms. The molecule has 12 atom stereocenters. The molecule has 3 aromatic heterocycles. The van der Waals surface area contributed by atoms with Gasteiger partial charge in [-0.15, -0.1) is 0 Å². The largest absolute Gasteiger partial charge is 0.508 e. The minimum absolute atomic E-state index is 0.0498. The van der Waals surface area contributed by atoms with Gasteiger partial charge in [0.05, 0.1) is 19.0 Å². The summed E-state index contributed by atoms with van der Waals surface area (Å²) in [4.78, 5) is 221. The van der Waals surface area contributed by atoms with E-state index in [1.54, 1.807) is 60.9 Å². The van der Waals surface area contributed by atoms with Gasteiger partial charge in [-0.3, -0.25) is 77.3 Å². The van der Waals surface area contributed by atoms with Crippen molar-refractivity contribution >= 4 is 142 Å². The Morgan fingerprint density at radius 3 is 1.26 bits per heavy atom. The Morgan fingerprint density at radius 2 is 0.839 bits per heavy atom. The maximum Gasteiger partial charge on any atom is 0.303 e. The summed E-state index contributed by atoms with van der Waals surface area (Å²) >= 11 is 8.52. The number of carbonyl (C=O) groups excluding carboxylic acids is 14. The number of benzene rings is 4. The van der Waals surface area contributed by atoms with Crippen molar-refractivity contribution in [1.82, 2.24) is 89.1 Å². The van der Waals surface area contributed by atoms with E-state index >= 15 is 9.59 Å². The number of carbonyl (C=O) groups is 15. The number of guanidine groups is 1. The first-order valence-corrected chi connectivity index (χ1v) is 38.4. The highest BCUT2D eigenvalue weighted by molar-refractivity contribution is 7.80. The molecule has 14 amide bonds. The van der Waals surface area contributed by atoms with Crippen molar-refractivity contribution in [2.24, 2.45) is 17.2 Å². The summed E-state index contributed by atoms with van der Waals surface area (Å²) in [6.45, 7) is 1.71. The Hall–Kier alpha value is -13.3. The number of nitrogens with one attached hydrogen (secondary N) is 17. The smallest absolute Gasteiger partial charge is 0.303 e. The summed E-state index contributed by atoms with van der Waals surface area (Å²) < 4.78 is 0. The maximum absolute atomic E-state index is 15.3. The number of aromatic nitrogens is 4. The van der Waals surface area contributed by atoms with Gasteiger partial charge in [0.2, 0.25) is 82.7 Å². The summed E-state index contributed by atoms with van der Waals surface area (Å²) in [5, 5.41) is 82.6. The number of aliphatic hydroxyl groups excluding tert-OH is 1. The van der Waals surface area contributed by atoms with Crippen LogP contribution in [-0.4, -0.2) is 232 Å². The van der Waals surface area contributed by atoms with Crippen LogP contribution in [0.25, 0.3) is 21.8 Å². The molecule has 0 saturated heterocycles. The first kappa shape index (κ1) is 91.9. The van der Waals surface area contributed by atoms with E-state index in [4.69, 9.17) is 22.6 Å². The molecule has 42 heteroatoms. The van der Waals surface area contributed by atoms with Crippen LogP contribution in [0.2, 0.25) is 0 Å². The quantitative estimate of drug-likeness (QED) is 0.00746. The van der Waals surface area contributed by atoms with E-state index in [-0.39, 0.29) is 61.6 Å². The van der Waals surface area contributed by atoms with Crippen LogP contribution < -0.4 is 86.3 Å². The molecule has 3 heterocycles. The fourth-order valence-corrected chi connectivity index (χ4v) is 12.9. The van der Waals surface area contributed by atoms with Crippen LogP contribution in [0.1, 0.15) is 80.3 Å². The molecular weight excluding hydrogens is 1580 g/mol. The number of para-hydroxylation sites is 2. The Kier molecular flexibility index (Phi) is 35.2. The zero-order chi connectivity index (χ0) is 86.3. The third kappa shape index (κ3) is 28.9. The normalized spacial score (nSPS) is 14.1. The van der Waals surface area contributed by atoms with Gasteiger partial charge in [-0.25, -0.2) is 4.98 Å². The van der Waals surface area contributed by atoms with Gasteiger partial charge in [-0.2, -0.15) is 25.3 Å². The SMILES string of the molecule is CC(=O)N[C@@H](CS)C(=O)N[C@@H](CCCNC(=N)N)C(=O)N[C@H](C(=O)N[C@@H](Cc1c[nH]c2ccccc12)C(=O)N[C@@H](CCC(N)=O)C(=O)N[C@@H](CS)C(=O)N[C@@H](Cc1ccc(O)cc1)C(=O)N[C@@H](Cc1c[nH]c2ccccc12)C(=O)N[C@@H](Cc1cnc[nH]1)C(=O)N[C@@H](CCC(=O)O)C(=O)N[C@@H](Cc1ccc(O)cc1)C(=O)NCC(N)=O)[C@@H](C)O. The molecule has 7 rings (SSSR count). The number of hydrogen-bond donors (Lipinski definition) is 26. The summed E-state index contributed by atoms with van der Waals surface area (Å²) in [7, 11) is 0. The van der Waals surface area contributed by atoms with Crippen molar-refractivity contribution in [3.8, 4) is 11.5 Å². The van der Waals surface area contributed by atoms with E-state index in [0.29, 0.717) is 44.1 Å². The second-order valence-corrected chi connectivity index (χ2v) is 28.4. The first-order chi connectivity index (χ1) is 56.2. The molecule has 118 heavy (non-hydrogen) atoms. The van der Waals surface area contributed by atoms with Crippen LogP contribution in [0.15, 0.2) is 122 Å². The number of aromatic amines is 3. The van der Waals surface area contributed by atoms with Gasteiger partial charge in [0.1, 0.15) is 78.0 Å². The molecule has 0 aliphatic heterocycles. The Balaban J connectivity index is 1.16. The monoisotopic (exact) mass is 1670 g/mol. The minimum atomic E-state index is -1.87. The van der Waals surface area contributed by atoms with Gasteiger partial charge in [0, 0.05) is 116 Å².